The Morgan fingerprint density at radius 3 is 2.36 bits per heavy atom. The summed E-state index contributed by atoms with van der Waals surface area (Å²) in [6, 6.07) is 1.04. The molecule has 0 aromatic heterocycles. The van der Waals surface area contributed by atoms with Gasteiger partial charge in [-0.25, -0.2) is 18.0 Å². The van der Waals surface area contributed by atoms with Crippen LogP contribution in [-0.4, -0.2) is 17.0 Å². The molecule has 0 spiro atoms. The second-order valence-corrected chi connectivity index (χ2v) is 4.47. The molecule has 0 aliphatic carbocycles. The van der Waals surface area contributed by atoms with Gasteiger partial charge in [-0.3, -0.25) is 4.79 Å². The van der Waals surface area contributed by atoms with Gasteiger partial charge in [0.25, 0.3) is 0 Å². The maximum absolute atomic E-state index is 13.4. The highest BCUT2D eigenvalue weighted by Crippen LogP contribution is 2.15. The van der Waals surface area contributed by atoms with Gasteiger partial charge in [-0.2, -0.15) is 0 Å². The first kappa shape index (κ1) is 15.6. The average Bonchev–Trinajstić information content (AvgIpc) is 2.46. The molecule has 2 rings (SSSR count). The summed E-state index contributed by atoms with van der Waals surface area (Å²) in [7, 11) is 0. The van der Waals surface area contributed by atoms with E-state index >= 15 is 0 Å². The summed E-state index contributed by atoms with van der Waals surface area (Å²) in [4.78, 5) is 22.5. The molecule has 0 radical (unpaired) electrons. The van der Waals surface area contributed by atoms with E-state index < -0.39 is 41.4 Å². The Hall–Kier alpha value is -2.77. The van der Waals surface area contributed by atoms with Crippen LogP contribution in [0.15, 0.2) is 35.7 Å². The van der Waals surface area contributed by atoms with Crippen LogP contribution in [0, 0.1) is 17.5 Å². The van der Waals surface area contributed by atoms with Crippen molar-refractivity contribution in [3.05, 3.63) is 58.7 Å². The summed E-state index contributed by atoms with van der Waals surface area (Å²) in [5.41, 5.74) is -0.319. The van der Waals surface area contributed by atoms with Gasteiger partial charge in [-0.1, -0.05) is 0 Å². The molecule has 8 heteroatoms. The van der Waals surface area contributed by atoms with Crippen LogP contribution in [0.5, 0.6) is 0 Å². The van der Waals surface area contributed by atoms with Crippen LogP contribution < -0.4 is 10.6 Å². The zero-order valence-electron chi connectivity index (χ0n) is 11.1. The van der Waals surface area contributed by atoms with Crippen molar-refractivity contribution in [2.24, 2.45) is 0 Å². The number of carbonyl (C=O) groups is 2. The largest absolute Gasteiger partial charge is 0.477 e. The van der Waals surface area contributed by atoms with E-state index in [-0.39, 0.29) is 17.7 Å². The van der Waals surface area contributed by atoms with Crippen molar-refractivity contribution in [3.63, 3.8) is 0 Å². The summed E-state index contributed by atoms with van der Waals surface area (Å²) in [6.07, 6.45) is 2.57. The van der Waals surface area contributed by atoms with Gasteiger partial charge in [0.05, 0.1) is 0 Å². The lowest BCUT2D eigenvalue weighted by atomic mass is 10.1. The van der Waals surface area contributed by atoms with Crippen molar-refractivity contribution in [2.75, 3.05) is 0 Å². The second kappa shape index (κ2) is 6.33. The predicted molar refractivity (Wildman–Crippen MR) is 69.7 cm³/mol. The first-order valence-corrected chi connectivity index (χ1v) is 6.19. The first-order valence-electron chi connectivity index (χ1n) is 6.19. The summed E-state index contributed by atoms with van der Waals surface area (Å²) in [6.45, 7) is -0.455. The SMILES string of the molecule is O=C(O)C1=CCC(C(=O)NCc2c(F)cc(F)cc2F)=CN1. The molecule has 5 nitrogen and oxygen atoms in total. The minimum atomic E-state index is -1.16. The number of rotatable bonds is 4. The fourth-order valence-electron chi connectivity index (χ4n) is 1.83. The van der Waals surface area contributed by atoms with Gasteiger partial charge < -0.3 is 15.7 Å². The Morgan fingerprint density at radius 1 is 1.23 bits per heavy atom. The number of carboxylic acids is 1. The highest BCUT2D eigenvalue weighted by atomic mass is 19.1. The number of allylic oxidation sites excluding steroid dienone is 1. The van der Waals surface area contributed by atoms with Crippen LogP contribution in [0.2, 0.25) is 0 Å². The minimum Gasteiger partial charge on any atom is -0.477 e. The van der Waals surface area contributed by atoms with Gasteiger partial charge in [0.1, 0.15) is 23.1 Å². The number of hydrogen-bond donors (Lipinski definition) is 3. The molecule has 0 saturated carbocycles. The highest BCUT2D eigenvalue weighted by molar-refractivity contribution is 5.95. The fraction of sp³-hybridized carbons (Fsp3) is 0.143. The molecule has 1 aromatic rings. The highest BCUT2D eigenvalue weighted by Gasteiger charge is 2.17. The summed E-state index contributed by atoms with van der Waals surface area (Å²) >= 11 is 0. The molecule has 1 aromatic carbocycles. The quantitative estimate of drug-likeness (QED) is 0.788. The van der Waals surface area contributed by atoms with E-state index in [1.165, 1.54) is 12.3 Å². The van der Waals surface area contributed by atoms with Gasteiger partial charge in [-0.05, 0) is 12.5 Å². The summed E-state index contributed by atoms with van der Waals surface area (Å²) < 4.78 is 39.6. The molecule has 22 heavy (non-hydrogen) atoms. The Bertz CT molecular complexity index is 676. The van der Waals surface area contributed by atoms with E-state index in [2.05, 4.69) is 10.6 Å². The fourth-order valence-corrected chi connectivity index (χ4v) is 1.83. The number of nitrogens with one attached hydrogen (secondary N) is 2. The Kier molecular flexibility index (Phi) is 4.50. The molecular weight excluding hydrogens is 301 g/mol. The van der Waals surface area contributed by atoms with E-state index in [4.69, 9.17) is 5.11 Å². The van der Waals surface area contributed by atoms with E-state index in [1.807, 2.05) is 0 Å². The lowest BCUT2D eigenvalue weighted by Crippen LogP contribution is -2.28. The van der Waals surface area contributed by atoms with E-state index in [0.29, 0.717) is 12.1 Å². The number of benzene rings is 1. The van der Waals surface area contributed by atoms with E-state index in [0.717, 1.165) is 0 Å². The molecule has 0 fully saturated rings. The topological polar surface area (TPSA) is 78.4 Å². The van der Waals surface area contributed by atoms with E-state index in [9.17, 15) is 22.8 Å². The predicted octanol–water partition coefficient (Wildman–Crippen LogP) is 1.57. The van der Waals surface area contributed by atoms with Crippen molar-refractivity contribution in [1.29, 1.82) is 0 Å². The van der Waals surface area contributed by atoms with Gasteiger partial charge in [0, 0.05) is 36.0 Å². The molecule has 3 N–H and O–H groups in total. The monoisotopic (exact) mass is 312 g/mol. The van der Waals surface area contributed by atoms with Gasteiger partial charge in [0.15, 0.2) is 0 Å². The van der Waals surface area contributed by atoms with Crippen molar-refractivity contribution in [3.8, 4) is 0 Å². The number of aliphatic carboxylic acids is 1. The molecule has 116 valence electrons. The lowest BCUT2D eigenvalue weighted by molar-refractivity contribution is -0.133. The minimum absolute atomic E-state index is 0.0628. The third-order valence-electron chi connectivity index (χ3n) is 2.98. The summed E-state index contributed by atoms with van der Waals surface area (Å²) in [5.74, 6) is -5.01. The molecule has 1 aliphatic rings. The van der Waals surface area contributed by atoms with Crippen LogP contribution in [0.4, 0.5) is 13.2 Å². The van der Waals surface area contributed by atoms with Gasteiger partial charge in [-0.15, -0.1) is 0 Å². The maximum Gasteiger partial charge on any atom is 0.351 e. The smallest absolute Gasteiger partial charge is 0.351 e. The van der Waals surface area contributed by atoms with Crippen molar-refractivity contribution >= 4 is 11.9 Å². The molecule has 1 aliphatic heterocycles. The zero-order valence-corrected chi connectivity index (χ0v) is 11.1. The van der Waals surface area contributed by atoms with Crippen LogP contribution in [-0.2, 0) is 16.1 Å². The van der Waals surface area contributed by atoms with Gasteiger partial charge in [0.2, 0.25) is 5.91 Å². The standard InChI is InChI=1S/C14H11F3N2O3/c15-8-3-10(16)9(11(17)4-8)6-19-13(20)7-1-2-12(14(21)22)18-5-7/h2-5,18H,1,6H2,(H,19,20)(H,21,22). The van der Waals surface area contributed by atoms with Crippen molar-refractivity contribution in [1.82, 2.24) is 10.6 Å². The van der Waals surface area contributed by atoms with Crippen LogP contribution in [0.1, 0.15) is 12.0 Å². The number of carbonyl (C=O) groups excluding carboxylic acids is 1. The van der Waals surface area contributed by atoms with Crippen LogP contribution >= 0.6 is 0 Å². The number of halogens is 3. The van der Waals surface area contributed by atoms with Crippen LogP contribution in [0.3, 0.4) is 0 Å². The average molecular weight is 312 g/mol. The lowest BCUT2D eigenvalue weighted by Gasteiger charge is -2.13. The Morgan fingerprint density at radius 2 is 1.86 bits per heavy atom. The third-order valence-corrected chi connectivity index (χ3v) is 2.98. The van der Waals surface area contributed by atoms with Crippen molar-refractivity contribution < 1.29 is 27.9 Å². The summed E-state index contributed by atoms with van der Waals surface area (Å²) in [5, 5.41) is 13.4. The number of dihydropyridines is 1. The number of carboxylic acid groups (broad SMARTS) is 1. The Balaban J connectivity index is 1.99. The molecule has 0 bridgehead atoms. The number of hydrogen-bond acceptors (Lipinski definition) is 3. The van der Waals surface area contributed by atoms with Crippen LogP contribution in [0.25, 0.3) is 0 Å². The van der Waals surface area contributed by atoms with E-state index in [1.54, 1.807) is 0 Å². The number of amides is 1. The molecule has 0 saturated heterocycles. The zero-order chi connectivity index (χ0) is 16.3. The van der Waals surface area contributed by atoms with Crippen molar-refractivity contribution in [2.45, 2.75) is 13.0 Å². The maximum atomic E-state index is 13.4. The third kappa shape index (κ3) is 3.46. The molecule has 1 amide bonds. The first-order chi connectivity index (χ1) is 10.4. The Labute approximate surface area is 123 Å². The molecule has 0 atom stereocenters. The van der Waals surface area contributed by atoms with Gasteiger partial charge >= 0.3 is 5.97 Å². The molecule has 0 unspecified atom stereocenters. The normalized spacial score (nSPS) is 13.8. The molecular formula is C14H11F3N2O3. The molecule has 1 heterocycles. The second-order valence-electron chi connectivity index (χ2n) is 4.47.